The van der Waals surface area contributed by atoms with Gasteiger partial charge in [-0.05, 0) is 63.4 Å². The van der Waals surface area contributed by atoms with Crippen LogP contribution < -0.4 is 5.32 Å². The minimum Gasteiger partial charge on any atom is -0.391 e. The Hall–Kier alpha value is -0.341. The maximum atomic E-state index is 9.87. The summed E-state index contributed by atoms with van der Waals surface area (Å²) in [5, 5.41) is 13.3. The summed E-state index contributed by atoms with van der Waals surface area (Å²) in [6.45, 7) is 0.647. The van der Waals surface area contributed by atoms with Crippen LogP contribution in [0.3, 0.4) is 0 Å². The van der Waals surface area contributed by atoms with E-state index >= 15 is 0 Å². The van der Waals surface area contributed by atoms with Crippen molar-refractivity contribution in [3.63, 3.8) is 0 Å². The van der Waals surface area contributed by atoms with E-state index in [0.29, 0.717) is 12.6 Å². The van der Waals surface area contributed by atoms with Gasteiger partial charge in [0.25, 0.3) is 0 Å². The molecule has 1 aliphatic heterocycles. The second-order valence-corrected chi connectivity index (χ2v) is 5.57. The van der Waals surface area contributed by atoms with E-state index in [0.717, 1.165) is 12.3 Å². The van der Waals surface area contributed by atoms with Crippen molar-refractivity contribution >= 4 is 0 Å². The van der Waals surface area contributed by atoms with Crippen molar-refractivity contribution in [2.45, 2.75) is 18.6 Å². The third kappa shape index (κ3) is 5.32. The number of benzene rings is 1. The van der Waals surface area contributed by atoms with Gasteiger partial charge in [-0.2, -0.15) is 0 Å². The quantitative estimate of drug-likeness (QED) is 0.805. The van der Waals surface area contributed by atoms with E-state index in [1.807, 2.05) is 51.0 Å². The van der Waals surface area contributed by atoms with Gasteiger partial charge in [0.05, 0.1) is 6.10 Å². The molecule has 2 aliphatic carbocycles. The van der Waals surface area contributed by atoms with E-state index in [1.165, 1.54) is 11.5 Å². The Bertz CT molecular complexity index is 427. The van der Waals surface area contributed by atoms with Gasteiger partial charge in [0.1, 0.15) is 0 Å². The Kier molecular flexibility index (Phi) is 8.12. The molecule has 2 saturated carbocycles. The van der Waals surface area contributed by atoms with E-state index in [2.05, 4.69) is 36.0 Å². The van der Waals surface area contributed by atoms with Crippen molar-refractivity contribution in [1.29, 1.82) is 0 Å². The Morgan fingerprint density at radius 2 is 1.48 bits per heavy atom. The van der Waals surface area contributed by atoms with Crippen LogP contribution in [-0.4, -0.2) is 23.8 Å². The molecule has 0 spiro atoms. The number of aliphatic hydroxyl groups excluding tert-OH is 1. The number of aliphatic hydroxyl groups is 1. The van der Waals surface area contributed by atoms with Gasteiger partial charge in [-0.15, -0.1) is 0 Å². The van der Waals surface area contributed by atoms with Gasteiger partial charge in [0.2, 0.25) is 0 Å². The maximum absolute atomic E-state index is 9.87. The minimum absolute atomic E-state index is 0. The first-order chi connectivity index (χ1) is 10.8. The van der Waals surface area contributed by atoms with Gasteiger partial charge < -0.3 is 10.4 Å². The van der Waals surface area contributed by atoms with Gasteiger partial charge in [0, 0.05) is 41.5 Å². The molecule has 3 heteroatoms. The van der Waals surface area contributed by atoms with Crippen LogP contribution in [0.15, 0.2) is 30.3 Å². The fourth-order valence-corrected chi connectivity index (χ4v) is 2.90. The molecule has 120 valence electrons. The van der Waals surface area contributed by atoms with Gasteiger partial charge in [-0.1, -0.05) is 30.3 Å². The summed E-state index contributed by atoms with van der Waals surface area (Å²) in [4.78, 5) is 0. The van der Waals surface area contributed by atoms with Crippen molar-refractivity contribution in [2.75, 3.05) is 6.54 Å². The summed E-state index contributed by atoms with van der Waals surface area (Å²) in [5.41, 5.74) is 1.33. The number of rotatable bonds is 2. The molecule has 0 aromatic heterocycles. The molecule has 2 unspecified atom stereocenters. The van der Waals surface area contributed by atoms with Crippen LogP contribution in [0.1, 0.15) is 5.56 Å². The predicted octanol–water partition coefficient (Wildman–Crippen LogP) is 2.36. The van der Waals surface area contributed by atoms with Gasteiger partial charge in [0.15, 0.2) is 0 Å². The largest absolute Gasteiger partial charge is 0.391 e. The van der Waals surface area contributed by atoms with Crippen LogP contribution in [-0.2, 0) is 23.5 Å². The molecule has 0 amide bonds. The zero-order valence-corrected chi connectivity index (χ0v) is 14.0. The smallest absolute Gasteiger partial charge is 0.0736 e. The van der Waals surface area contributed by atoms with Crippen LogP contribution in [0.5, 0.6) is 0 Å². The van der Waals surface area contributed by atoms with E-state index in [4.69, 9.17) is 0 Å². The van der Waals surface area contributed by atoms with E-state index in [1.54, 1.807) is 0 Å². The Labute approximate surface area is 151 Å². The van der Waals surface area contributed by atoms with Crippen LogP contribution in [0, 0.1) is 63.2 Å². The van der Waals surface area contributed by atoms with Crippen LogP contribution in [0.25, 0.3) is 0 Å². The van der Waals surface area contributed by atoms with E-state index in [9.17, 15) is 5.11 Å². The van der Waals surface area contributed by atoms with Crippen LogP contribution >= 0.6 is 0 Å². The number of β-amino-alcohol motifs (C(OH)–C–C–N with tert-alkyl or cyclic N) is 1. The van der Waals surface area contributed by atoms with Gasteiger partial charge in [-0.3, -0.25) is 0 Å². The van der Waals surface area contributed by atoms with Crippen molar-refractivity contribution < 1.29 is 22.2 Å². The fraction of sp³-hybridized carbons (Fsp3) is 0.200. The molecule has 1 heterocycles. The Morgan fingerprint density at radius 1 is 0.870 bits per heavy atom. The van der Waals surface area contributed by atoms with E-state index in [-0.39, 0.29) is 23.2 Å². The van der Waals surface area contributed by atoms with Crippen molar-refractivity contribution in [2.24, 2.45) is 0 Å². The molecule has 10 radical (unpaired) electrons. The molecule has 1 aromatic carbocycles. The molecule has 2 N–H and O–H groups in total. The first kappa shape index (κ1) is 19.0. The van der Waals surface area contributed by atoms with Crippen LogP contribution in [0.4, 0.5) is 0 Å². The topological polar surface area (TPSA) is 32.3 Å². The predicted molar refractivity (Wildman–Crippen MR) is 88.8 cm³/mol. The Balaban J connectivity index is 0.000000276. The molecule has 1 saturated heterocycles. The maximum Gasteiger partial charge on any atom is 0.0736 e. The van der Waals surface area contributed by atoms with Crippen molar-refractivity contribution in [3.05, 3.63) is 99.1 Å². The molecule has 2 atom stereocenters. The third-order valence-corrected chi connectivity index (χ3v) is 4.02. The van der Waals surface area contributed by atoms with Crippen molar-refractivity contribution in [1.82, 2.24) is 5.32 Å². The molecule has 2 nitrogen and oxygen atoms in total. The summed E-state index contributed by atoms with van der Waals surface area (Å²) in [5.74, 6) is 2.33. The third-order valence-electron chi connectivity index (χ3n) is 4.02. The second kappa shape index (κ2) is 9.83. The zero-order valence-electron chi connectivity index (χ0n) is 12.9. The number of hydrogen-bond donors (Lipinski definition) is 2. The van der Waals surface area contributed by atoms with Gasteiger partial charge >= 0.3 is 0 Å². The second-order valence-electron chi connectivity index (χ2n) is 5.57. The number of nitrogens with one attached hydrogen (secondary N) is 1. The molecule has 3 aliphatic rings. The summed E-state index contributed by atoms with van der Waals surface area (Å²) in [6, 6.07) is 10.8. The number of fused-ring (bicyclic) bond motifs is 1. The van der Waals surface area contributed by atoms with Gasteiger partial charge in [-0.25, -0.2) is 0 Å². The molecular weight excluding hydrogens is 326 g/mol. The first-order valence-electron chi connectivity index (χ1n) is 7.72. The van der Waals surface area contributed by atoms with Crippen molar-refractivity contribution in [3.8, 4) is 0 Å². The normalized spacial score (nSPS) is 27.7. The molecular formula is C20H21FeNO. The molecule has 23 heavy (non-hydrogen) atoms. The minimum atomic E-state index is -0.355. The molecule has 0 bridgehead atoms. The number of hydrogen-bond acceptors (Lipinski definition) is 2. The summed E-state index contributed by atoms with van der Waals surface area (Å²) in [6.07, 6.45) is 16.8. The van der Waals surface area contributed by atoms with Crippen LogP contribution in [0.2, 0.25) is 0 Å². The molecule has 3 fully saturated rings. The monoisotopic (exact) mass is 347 g/mol. The SMILES string of the molecule is OC1CNC(Cc2ccccc2)[C]2[CH][CH][CH][C]21.[CH]1[CH][CH][CH][CH]1.[Fe]. The standard InChI is InChI=1S/C15H16NO.C5H5.Fe/c17-15-10-16-14(12-7-4-8-13(12)15)9-11-5-2-1-3-6-11;1-2-4-5-3-1;/h1-8,14-17H,9-10H2;1-5H;. The van der Waals surface area contributed by atoms with E-state index < -0.39 is 0 Å². The summed E-state index contributed by atoms with van der Waals surface area (Å²) >= 11 is 0. The molecule has 4 rings (SSSR count). The summed E-state index contributed by atoms with van der Waals surface area (Å²) < 4.78 is 0. The zero-order chi connectivity index (χ0) is 15.2. The average Bonchev–Trinajstić information content (AvgIpc) is 3.25. The Morgan fingerprint density at radius 3 is 2.13 bits per heavy atom. The number of piperidine rings is 1. The average molecular weight is 347 g/mol. The molecule has 1 aromatic rings. The fourth-order valence-electron chi connectivity index (χ4n) is 2.90. The summed E-state index contributed by atoms with van der Waals surface area (Å²) in [7, 11) is 0. The first-order valence-corrected chi connectivity index (χ1v) is 7.72.